The van der Waals surface area contributed by atoms with Crippen molar-refractivity contribution in [1.82, 2.24) is 0 Å². The number of aliphatic imine (C=N–C) groups is 1. The van der Waals surface area contributed by atoms with Gasteiger partial charge in [-0.15, -0.1) is 0 Å². The average molecular weight is 273 g/mol. The fourth-order valence-corrected chi connectivity index (χ4v) is 1.94. The third kappa shape index (κ3) is 3.26. The van der Waals surface area contributed by atoms with E-state index in [2.05, 4.69) is 4.99 Å². The molecule has 1 aliphatic heterocycles. The Labute approximate surface area is 110 Å². The zero-order valence-corrected chi connectivity index (χ0v) is 10.7. The molecule has 0 unspecified atom stereocenters. The highest BCUT2D eigenvalue weighted by atomic mass is 35.5. The first kappa shape index (κ1) is 13.0. The van der Waals surface area contributed by atoms with E-state index in [0.29, 0.717) is 18.8 Å². The van der Waals surface area contributed by atoms with Crippen LogP contribution in [0.15, 0.2) is 23.2 Å². The SMILES string of the molecule is C[C@@H](C[C@H]1COC(N)=N1)Oc1ccc(F)c(Cl)c1. The topological polar surface area (TPSA) is 56.8 Å². The molecule has 2 rings (SSSR count). The molecule has 1 aliphatic rings. The molecule has 0 bridgehead atoms. The lowest BCUT2D eigenvalue weighted by Crippen LogP contribution is -2.20. The van der Waals surface area contributed by atoms with Crippen LogP contribution in [0, 0.1) is 5.82 Å². The van der Waals surface area contributed by atoms with Crippen molar-refractivity contribution in [1.29, 1.82) is 0 Å². The Morgan fingerprint density at radius 1 is 1.67 bits per heavy atom. The molecular formula is C12H14ClFN2O2. The fraction of sp³-hybridized carbons (Fsp3) is 0.417. The highest BCUT2D eigenvalue weighted by molar-refractivity contribution is 6.30. The number of nitrogens with zero attached hydrogens (tertiary/aromatic N) is 1. The van der Waals surface area contributed by atoms with E-state index in [1.165, 1.54) is 12.1 Å². The summed E-state index contributed by atoms with van der Waals surface area (Å²) in [7, 11) is 0. The summed E-state index contributed by atoms with van der Waals surface area (Å²) in [6, 6.07) is 4.50. The largest absolute Gasteiger partial charge is 0.491 e. The number of hydrogen-bond acceptors (Lipinski definition) is 4. The predicted molar refractivity (Wildman–Crippen MR) is 67.5 cm³/mol. The molecule has 2 atom stereocenters. The zero-order chi connectivity index (χ0) is 13.1. The number of halogens is 2. The first-order valence-electron chi connectivity index (χ1n) is 5.62. The molecule has 98 valence electrons. The summed E-state index contributed by atoms with van der Waals surface area (Å²) in [6.45, 7) is 2.38. The molecule has 0 aliphatic carbocycles. The zero-order valence-electron chi connectivity index (χ0n) is 9.90. The second-order valence-electron chi connectivity index (χ2n) is 4.17. The van der Waals surface area contributed by atoms with Crippen LogP contribution in [0.1, 0.15) is 13.3 Å². The van der Waals surface area contributed by atoms with Gasteiger partial charge in [0, 0.05) is 12.5 Å². The van der Waals surface area contributed by atoms with Gasteiger partial charge < -0.3 is 15.2 Å². The molecule has 0 radical (unpaired) electrons. The van der Waals surface area contributed by atoms with Gasteiger partial charge in [-0.2, -0.15) is 0 Å². The Hall–Kier alpha value is -1.49. The van der Waals surface area contributed by atoms with E-state index in [0.717, 1.165) is 0 Å². The number of ether oxygens (including phenoxy) is 2. The summed E-state index contributed by atoms with van der Waals surface area (Å²) in [6.07, 6.45) is 0.588. The van der Waals surface area contributed by atoms with Gasteiger partial charge in [-0.05, 0) is 19.1 Å². The van der Waals surface area contributed by atoms with Crippen molar-refractivity contribution in [3.63, 3.8) is 0 Å². The smallest absolute Gasteiger partial charge is 0.282 e. The molecule has 4 nitrogen and oxygen atoms in total. The average Bonchev–Trinajstić information content (AvgIpc) is 2.69. The highest BCUT2D eigenvalue weighted by Gasteiger charge is 2.20. The van der Waals surface area contributed by atoms with E-state index in [9.17, 15) is 4.39 Å². The maximum atomic E-state index is 13.0. The Morgan fingerprint density at radius 3 is 3.06 bits per heavy atom. The first-order valence-corrected chi connectivity index (χ1v) is 6.00. The van der Waals surface area contributed by atoms with Crippen LogP contribution in [0.3, 0.4) is 0 Å². The number of benzene rings is 1. The molecule has 0 saturated heterocycles. The van der Waals surface area contributed by atoms with Crippen molar-refractivity contribution in [3.8, 4) is 5.75 Å². The Balaban J connectivity index is 1.90. The summed E-state index contributed by atoms with van der Waals surface area (Å²) >= 11 is 5.67. The monoisotopic (exact) mass is 272 g/mol. The summed E-state index contributed by atoms with van der Waals surface area (Å²) in [4.78, 5) is 4.11. The molecule has 2 N–H and O–H groups in total. The van der Waals surface area contributed by atoms with Gasteiger partial charge in [-0.1, -0.05) is 11.6 Å². The van der Waals surface area contributed by atoms with Crippen LogP contribution >= 0.6 is 11.6 Å². The van der Waals surface area contributed by atoms with Gasteiger partial charge >= 0.3 is 0 Å². The fourth-order valence-electron chi connectivity index (χ4n) is 1.77. The summed E-state index contributed by atoms with van der Waals surface area (Å²) in [5.74, 6) is 0.0722. The molecule has 18 heavy (non-hydrogen) atoms. The van der Waals surface area contributed by atoms with Crippen LogP contribution in [0.4, 0.5) is 4.39 Å². The van der Waals surface area contributed by atoms with Crippen molar-refractivity contribution in [3.05, 3.63) is 29.0 Å². The minimum atomic E-state index is -0.460. The van der Waals surface area contributed by atoms with Crippen molar-refractivity contribution in [2.45, 2.75) is 25.5 Å². The molecule has 1 heterocycles. The van der Waals surface area contributed by atoms with Crippen LogP contribution in [0.25, 0.3) is 0 Å². The third-order valence-electron chi connectivity index (χ3n) is 2.57. The van der Waals surface area contributed by atoms with E-state index >= 15 is 0 Å². The minimum absolute atomic E-state index is 0.0101. The predicted octanol–water partition coefficient (Wildman–Crippen LogP) is 2.35. The van der Waals surface area contributed by atoms with E-state index in [1.54, 1.807) is 6.07 Å². The van der Waals surface area contributed by atoms with Gasteiger partial charge in [0.25, 0.3) is 6.02 Å². The summed E-state index contributed by atoms with van der Waals surface area (Å²) in [5.41, 5.74) is 5.42. The van der Waals surface area contributed by atoms with Gasteiger partial charge in [0.1, 0.15) is 18.2 Å². The Kier molecular flexibility index (Phi) is 3.91. The van der Waals surface area contributed by atoms with Crippen LogP contribution in [0.5, 0.6) is 5.75 Å². The maximum absolute atomic E-state index is 13.0. The third-order valence-corrected chi connectivity index (χ3v) is 2.86. The lowest BCUT2D eigenvalue weighted by molar-refractivity contribution is 0.189. The van der Waals surface area contributed by atoms with Crippen molar-refractivity contribution < 1.29 is 13.9 Å². The van der Waals surface area contributed by atoms with Crippen LogP contribution in [-0.2, 0) is 4.74 Å². The quantitative estimate of drug-likeness (QED) is 0.915. The summed E-state index contributed by atoms with van der Waals surface area (Å²) in [5, 5.41) is 0.0474. The molecular weight excluding hydrogens is 259 g/mol. The molecule has 0 fully saturated rings. The highest BCUT2D eigenvalue weighted by Crippen LogP contribution is 2.23. The second-order valence-corrected chi connectivity index (χ2v) is 4.58. The van der Waals surface area contributed by atoms with Crippen LogP contribution < -0.4 is 10.5 Å². The lowest BCUT2D eigenvalue weighted by Gasteiger charge is -2.16. The standard InChI is InChI=1S/C12H14ClFN2O2/c1-7(4-8-6-17-12(15)16-8)18-9-2-3-11(14)10(13)5-9/h2-3,5,7-8H,4,6H2,1H3,(H2,15,16)/t7-,8-/m0/s1. The van der Waals surface area contributed by atoms with E-state index in [4.69, 9.17) is 26.8 Å². The number of nitrogens with two attached hydrogens (primary N) is 1. The van der Waals surface area contributed by atoms with Crippen molar-refractivity contribution >= 4 is 17.6 Å². The molecule has 1 aromatic rings. The maximum Gasteiger partial charge on any atom is 0.282 e. The van der Waals surface area contributed by atoms with Crippen LogP contribution in [-0.4, -0.2) is 24.8 Å². The van der Waals surface area contributed by atoms with Gasteiger partial charge in [0.15, 0.2) is 0 Å². The van der Waals surface area contributed by atoms with E-state index in [1.807, 2.05) is 6.92 Å². The molecule has 0 aromatic heterocycles. The van der Waals surface area contributed by atoms with Gasteiger partial charge in [0.05, 0.1) is 17.2 Å². The minimum Gasteiger partial charge on any atom is -0.491 e. The number of hydrogen-bond donors (Lipinski definition) is 1. The molecule has 0 spiro atoms. The van der Waals surface area contributed by atoms with Crippen molar-refractivity contribution in [2.24, 2.45) is 10.7 Å². The van der Waals surface area contributed by atoms with Crippen molar-refractivity contribution in [2.75, 3.05) is 6.61 Å². The molecule has 1 aromatic carbocycles. The van der Waals surface area contributed by atoms with Gasteiger partial charge in [-0.3, -0.25) is 0 Å². The molecule has 0 saturated carbocycles. The number of amidine groups is 1. The first-order chi connectivity index (χ1) is 8.54. The summed E-state index contributed by atoms with van der Waals surface area (Å²) < 4.78 is 23.7. The molecule has 0 amide bonds. The Bertz CT molecular complexity index is 467. The Morgan fingerprint density at radius 2 is 2.44 bits per heavy atom. The normalized spacial score (nSPS) is 20.2. The lowest BCUT2D eigenvalue weighted by atomic mass is 10.1. The number of rotatable bonds is 4. The molecule has 6 heteroatoms. The van der Waals surface area contributed by atoms with Gasteiger partial charge in [-0.25, -0.2) is 9.38 Å². The second kappa shape index (κ2) is 5.44. The van der Waals surface area contributed by atoms with Crippen LogP contribution in [0.2, 0.25) is 5.02 Å². The van der Waals surface area contributed by atoms with Gasteiger partial charge in [0.2, 0.25) is 0 Å². The van der Waals surface area contributed by atoms with E-state index in [-0.39, 0.29) is 23.2 Å². The van der Waals surface area contributed by atoms with E-state index < -0.39 is 5.82 Å².